The van der Waals surface area contributed by atoms with Crippen molar-refractivity contribution in [1.29, 1.82) is 0 Å². The number of rotatable bonds is 7. The fourth-order valence-electron chi connectivity index (χ4n) is 2.61. The minimum atomic E-state index is -0.692. The van der Waals surface area contributed by atoms with Gasteiger partial charge in [-0.25, -0.2) is 0 Å². The summed E-state index contributed by atoms with van der Waals surface area (Å²) in [5.74, 6) is 1.04. The second-order valence-electron chi connectivity index (χ2n) is 6.45. The van der Waals surface area contributed by atoms with Crippen LogP contribution in [0, 0.1) is 5.92 Å². The quantitative estimate of drug-likeness (QED) is 0.782. The van der Waals surface area contributed by atoms with Crippen LogP contribution in [0.5, 0.6) is 17.2 Å². The normalized spacial score (nSPS) is 13.1. The van der Waals surface area contributed by atoms with Crippen molar-refractivity contribution in [3.8, 4) is 17.2 Å². The Bertz CT molecular complexity index is 807. The molecule has 2 N–H and O–H groups in total. The van der Waals surface area contributed by atoms with Crippen molar-refractivity contribution in [2.75, 3.05) is 18.7 Å². The van der Waals surface area contributed by atoms with Crippen molar-refractivity contribution >= 4 is 17.5 Å². The van der Waals surface area contributed by atoms with E-state index in [1.54, 1.807) is 30.3 Å². The SMILES string of the molecule is CC(C)[C@@H](NC(=O)COc1ccccc1)C(=O)Nc1ccc2c(c1)OCO2. The molecule has 1 heterocycles. The van der Waals surface area contributed by atoms with Crippen LogP contribution in [0.3, 0.4) is 0 Å². The average Bonchev–Trinajstić information content (AvgIpc) is 3.12. The lowest BCUT2D eigenvalue weighted by Gasteiger charge is -2.22. The van der Waals surface area contributed by atoms with Gasteiger partial charge in [-0.2, -0.15) is 0 Å². The summed E-state index contributed by atoms with van der Waals surface area (Å²) in [5.41, 5.74) is 0.574. The van der Waals surface area contributed by atoms with E-state index in [1.807, 2.05) is 32.0 Å². The largest absolute Gasteiger partial charge is 0.484 e. The molecule has 1 aliphatic rings. The van der Waals surface area contributed by atoms with Gasteiger partial charge in [0, 0.05) is 11.8 Å². The molecule has 27 heavy (non-hydrogen) atoms. The summed E-state index contributed by atoms with van der Waals surface area (Å²) in [6.45, 7) is 3.73. The molecule has 7 nitrogen and oxygen atoms in total. The zero-order valence-corrected chi connectivity index (χ0v) is 15.2. The predicted molar refractivity (Wildman–Crippen MR) is 99.9 cm³/mol. The molecular formula is C20H22N2O5. The van der Waals surface area contributed by atoms with Gasteiger partial charge in [0.25, 0.3) is 5.91 Å². The lowest BCUT2D eigenvalue weighted by Crippen LogP contribution is -2.48. The number of nitrogens with one attached hydrogen (secondary N) is 2. The minimum Gasteiger partial charge on any atom is -0.484 e. The van der Waals surface area contributed by atoms with Crippen molar-refractivity contribution in [3.05, 3.63) is 48.5 Å². The van der Waals surface area contributed by atoms with Crippen LogP contribution in [-0.4, -0.2) is 31.3 Å². The molecule has 0 saturated carbocycles. The molecule has 3 rings (SSSR count). The highest BCUT2D eigenvalue weighted by atomic mass is 16.7. The number of amides is 2. The average molecular weight is 370 g/mol. The Balaban J connectivity index is 1.57. The van der Waals surface area contributed by atoms with E-state index in [9.17, 15) is 9.59 Å². The van der Waals surface area contributed by atoms with Crippen LogP contribution in [0.25, 0.3) is 0 Å². The standard InChI is InChI=1S/C20H22N2O5/c1-13(2)19(22-18(23)11-25-15-6-4-3-5-7-15)20(24)21-14-8-9-16-17(10-14)27-12-26-16/h3-10,13,19H,11-12H2,1-2H3,(H,21,24)(H,22,23)/t19-/m1/s1. The number of carbonyl (C=O) groups excluding carboxylic acids is 2. The number of benzene rings is 2. The van der Waals surface area contributed by atoms with E-state index in [-0.39, 0.29) is 31.1 Å². The first kappa shape index (κ1) is 18.6. The Labute approximate surface area is 157 Å². The number of para-hydroxylation sites is 1. The van der Waals surface area contributed by atoms with Crippen LogP contribution < -0.4 is 24.8 Å². The molecule has 0 saturated heterocycles. The van der Waals surface area contributed by atoms with Crippen LogP contribution in [-0.2, 0) is 9.59 Å². The van der Waals surface area contributed by atoms with Gasteiger partial charge in [-0.15, -0.1) is 0 Å². The van der Waals surface area contributed by atoms with Gasteiger partial charge in [-0.3, -0.25) is 9.59 Å². The Hall–Kier alpha value is -3.22. The second kappa shape index (κ2) is 8.44. The molecule has 0 spiro atoms. The molecular weight excluding hydrogens is 348 g/mol. The van der Waals surface area contributed by atoms with Crippen molar-refractivity contribution in [2.45, 2.75) is 19.9 Å². The molecule has 0 radical (unpaired) electrons. The molecule has 0 aromatic heterocycles. The van der Waals surface area contributed by atoms with Crippen molar-refractivity contribution in [3.63, 3.8) is 0 Å². The molecule has 0 aliphatic carbocycles. The van der Waals surface area contributed by atoms with Gasteiger partial charge < -0.3 is 24.8 Å². The third-order valence-corrected chi connectivity index (χ3v) is 4.02. The number of hydrogen-bond donors (Lipinski definition) is 2. The summed E-state index contributed by atoms with van der Waals surface area (Å²) in [7, 11) is 0. The van der Waals surface area contributed by atoms with Crippen molar-refractivity contribution < 1.29 is 23.8 Å². The smallest absolute Gasteiger partial charge is 0.258 e. The maximum Gasteiger partial charge on any atom is 0.258 e. The molecule has 1 aliphatic heterocycles. The summed E-state index contributed by atoms with van der Waals surface area (Å²) < 4.78 is 16.0. The van der Waals surface area contributed by atoms with E-state index in [0.29, 0.717) is 22.9 Å². The first-order valence-corrected chi connectivity index (χ1v) is 8.70. The maximum absolute atomic E-state index is 12.6. The molecule has 2 aromatic carbocycles. The summed E-state index contributed by atoms with van der Waals surface area (Å²) in [5, 5.41) is 5.53. The summed E-state index contributed by atoms with van der Waals surface area (Å²) in [6, 6.07) is 13.5. The Morgan fingerprint density at radius 3 is 2.56 bits per heavy atom. The van der Waals surface area contributed by atoms with E-state index in [0.717, 1.165) is 0 Å². The van der Waals surface area contributed by atoms with Crippen LogP contribution in [0.15, 0.2) is 48.5 Å². The topological polar surface area (TPSA) is 85.9 Å². The molecule has 0 fully saturated rings. The Morgan fingerprint density at radius 1 is 1.07 bits per heavy atom. The van der Waals surface area contributed by atoms with Crippen LogP contribution >= 0.6 is 0 Å². The predicted octanol–water partition coefficient (Wildman–Crippen LogP) is 2.57. The van der Waals surface area contributed by atoms with Crippen LogP contribution in [0.4, 0.5) is 5.69 Å². The minimum absolute atomic E-state index is 0.0975. The fourth-order valence-corrected chi connectivity index (χ4v) is 2.61. The van der Waals surface area contributed by atoms with E-state index in [2.05, 4.69) is 10.6 Å². The molecule has 0 unspecified atom stereocenters. The van der Waals surface area contributed by atoms with Gasteiger partial charge >= 0.3 is 0 Å². The summed E-state index contributed by atoms with van der Waals surface area (Å²) in [6.07, 6.45) is 0. The maximum atomic E-state index is 12.6. The monoisotopic (exact) mass is 370 g/mol. The van der Waals surface area contributed by atoms with Crippen molar-refractivity contribution in [1.82, 2.24) is 5.32 Å². The lowest BCUT2D eigenvalue weighted by atomic mass is 10.0. The first-order chi connectivity index (χ1) is 13.0. The Morgan fingerprint density at radius 2 is 1.81 bits per heavy atom. The number of hydrogen-bond acceptors (Lipinski definition) is 5. The van der Waals surface area contributed by atoms with Gasteiger partial charge in [-0.1, -0.05) is 32.0 Å². The molecule has 0 bridgehead atoms. The van der Waals surface area contributed by atoms with Gasteiger partial charge in [0.15, 0.2) is 18.1 Å². The Kier molecular flexibility index (Phi) is 5.80. The molecule has 142 valence electrons. The van der Waals surface area contributed by atoms with Gasteiger partial charge in [0.1, 0.15) is 11.8 Å². The molecule has 2 aromatic rings. The third kappa shape index (κ3) is 4.91. The lowest BCUT2D eigenvalue weighted by molar-refractivity contribution is -0.128. The molecule has 2 amide bonds. The number of fused-ring (bicyclic) bond motifs is 1. The molecule has 7 heteroatoms. The number of ether oxygens (including phenoxy) is 3. The highest BCUT2D eigenvalue weighted by molar-refractivity contribution is 5.97. The molecule has 1 atom stereocenters. The van der Waals surface area contributed by atoms with E-state index in [1.165, 1.54) is 0 Å². The second-order valence-corrected chi connectivity index (χ2v) is 6.45. The van der Waals surface area contributed by atoms with Crippen LogP contribution in [0.2, 0.25) is 0 Å². The zero-order valence-electron chi connectivity index (χ0n) is 15.2. The zero-order chi connectivity index (χ0) is 19.2. The third-order valence-electron chi connectivity index (χ3n) is 4.02. The highest BCUT2D eigenvalue weighted by Gasteiger charge is 2.25. The van der Waals surface area contributed by atoms with Gasteiger partial charge in [0.05, 0.1) is 0 Å². The summed E-state index contributed by atoms with van der Waals surface area (Å²) >= 11 is 0. The van der Waals surface area contributed by atoms with E-state index in [4.69, 9.17) is 14.2 Å². The number of carbonyl (C=O) groups is 2. The van der Waals surface area contributed by atoms with Gasteiger partial charge in [-0.05, 0) is 30.2 Å². The van der Waals surface area contributed by atoms with Crippen LogP contribution in [0.1, 0.15) is 13.8 Å². The van der Waals surface area contributed by atoms with Gasteiger partial charge in [0.2, 0.25) is 12.7 Å². The highest BCUT2D eigenvalue weighted by Crippen LogP contribution is 2.34. The number of anilines is 1. The van der Waals surface area contributed by atoms with E-state index < -0.39 is 6.04 Å². The van der Waals surface area contributed by atoms with Crippen molar-refractivity contribution in [2.24, 2.45) is 5.92 Å². The van der Waals surface area contributed by atoms with E-state index >= 15 is 0 Å². The first-order valence-electron chi connectivity index (χ1n) is 8.70. The fraction of sp³-hybridized carbons (Fsp3) is 0.300. The summed E-state index contributed by atoms with van der Waals surface area (Å²) in [4.78, 5) is 24.8.